The Bertz CT molecular complexity index is 788. The maximum atomic E-state index is 11.9. The van der Waals surface area contributed by atoms with Crippen LogP contribution in [0.4, 0.5) is 5.69 Å². The van der Waals surface area contributed by atoms with Crippen molar-refractivity contribution < 1.29 is 9.59 Å². The van der Waals surface area contributed by atoms with Gasteiger partial charge < -0.3 is 0 Å². The normalized spacial score (nSPS) is 16.2. The lowest BCUT2D eigenvalue weighted by Crippen LogP contribution is -2.27. The number of rotatable bonds is 1. The molecule has 0 spiro atoms. The second kappa shape index (κ2) is 5.09. The second-order valence-corrected chi connectivity index (χ2v) is 5.32. The van der Waals surface area contributed by atoms with Crippen LogP contribution in [0.25, 0.3) is 0 Å². The Labute approximate surface area is 123 Å². The predicted molar refractivity (Wildman–Crippen MR) is 82.5 cm³/mol. The van der Waals surface area contributed by atoms with Crippen LogP contribution in [0, 0.1) is 13.8 Å². The highest BCUT2D eigenvalue weighted by molar-refractivity contribution is 6.51. The van der Waals surface area contributed by atoms with Gasteiger partial charge in [0.05, 0.1) is 17.8 Å². The first-order valence-electron chi connectivity index (χ1n) is 6.88. The van der Waals surface area contributed by atoms with Crippen LogP contribution in [-0.2, 0) is 4.79 Å². The molecule has 0 unspecified atom stereocenters. The van der Waals surface area contributed by atoms with Crippen LogP contribution < -0.4 is 0 Å². The quantitative estimate of drug-likeness (QED) is 0.748. The van der Waals surface area contributed by atoms with Crippen molar-refractivity contribution in [1.82, 2.24) is 0 Å². The summed E-state index contributed by atoms with van der Waals surface area (Å²) < 4.78 is 0. The number of Topliss-reactive ketones (excluding diaryl/α,β-unsaturated/α-hetero) is 2. The fraction of sp³-hybridized carbons (Fsp3) is 0.167. The van der Waals surface area contributed by atoms with Crippen LogP contribution in [0.2, 0.25) is 0 Å². The molecule has 1 aliphatic rings. The first kappa shape index (κ1) is 13.4. The monoisotopic (exact) mass is 277 g/mol. The molecule has 2 aromatic rings. The van der Waals surface area contributed by atoms with Gasteiger partial charge in [0.15, 0.2) is 0 Å². The third-order valence-electron chi connectivity index (χ3n) is 3.67. The standard InChI is InChI=1S/C18H15NO2/c1-11-7-8-15(12(2)9-11)19-16-10-17(20)18(21)14-6-4-3-5-13(14)16/h3-9H,10H2,1-2H3. The van der Waals surface area contributed by atoms with Gasteiger partial charge >= 0.3 is 0 Å². The molecule has 1 aliphatic carbocycles. The van der Waals surface area contributed by atoms with Gasteiger partial charge in [-0.05, 0) is 25.5 Å². The van der Waals surface area contributed by atoms with Gasteiger partial charge in [0.25, 0.3) is 0 Å². The summed E-state index contributed by atoms with van der Waals surface area (Å²) in [5.74, 6) is -0.803. The van der Waals surface area contributed by atoms with E-state index in [2.05, 4.69) is 11.1 Å². The number of fused-ring (bicyclic) bond motifs is 1. The fourth-order valence-corrected chi connectivity index (χ4v) is 2.59. The predicted octanol–water partition coefficient (Wildman–Crippen LogP) is 3.58. The minimum Gasteiger partial charge on any atom is -0.290 e. The number of hydrogen-bond donors (Lipinski definition) is 0. The van der Waals surface area contributed by atoms with Crippen LogP contribution in [0.1, 0.15) is 33.5 Å². The van der Waals surface area contributed by atoms with Crippen LogP contribution in [-0.4, -0.2) is 17.3 Å². The topological polar surface area (TPSA) is 46.5 Å². The molecule has 3 nitrogen and oxygen atoms in total. The molecule has 0 fully saturated rings. The highest BCUT2D eigenvalue weighted by Gasteiger charge is 2.28. The zero-order valence-electron chi connectivity index (χ0n) is 12.0. The van der Waals surface area contributed by atoms with Gasteiger partial charge in [-0.3, -0.25) is 14.6 Å². The average molecular weight is 277 g/mol. The van der Waals surface area contributed by atoms with E-state index < -0.39 is 11.6 Å². The van der Waals surface area contributed by atoms with E-state index in [1.807, 2.05) is 38.1 Å². The molecule has 0 bridgehead atoms. The van der Waals surface area contributed by atoms with E-state index in [4.69, 9.17) is 0 Å². The van der Waals surface area contributed by atoms with Crippen molar-refractivity contribution >= 4 is 23.0 Å². The molecule has 0 atom stereocenters. The lowest BCUT2D eigenvalue weighted by atomic mass is 9.88. The van der Waals surface area contributed by atoms with E-state index in [1.54, 1.807) is 12.1 Å². The molecule has 0 heterocycles. The highest BCUT2D eigenvalue weighted by atomic mass is 16.2. The number of aryl methyl sites for hydroxylation is 2. The van der Waals surface area contributed by atoms with Gasteiger partial charge in [-0.15, -0.1) is 0 Å². The molecule has 0 aromatic heterocycles. The molecule has 3 heteroatoms. The summed E-state index contributed by atoms with van der Waals surface area (Å²) in [6, 6.07) is 13.2. The minimum absolute atomic E-state index is 0.0726. The molecule has 0 aliphatic heterocycles. The van der Waals surface area contributed by atoms with Crippen LogP contribution in [0.5, 0.6) is 0 Å². The van der Waals surface area contributed by atoms with Crippen molar-refractivity contribution in [3.05, 3.63) is 64.7 Å². The molecule has 0 radical (unpaired) electrons. The molecule has 0 amide bonds. The van der Waals surface area contributed by atoms with Crippen molar-refractivity contribution in [3.63, 3.8) is 0 Å². The zero-order chi connectivity index (χ0) is 15.0. The number of carbonyl (C=O) groups is 2. The summed E-state index contributed by atoms with van der Waals surface area (Å²) in [7, 11) is 0. The van der Waals surface area contributed by atoms with Gasteiger partial charge in [-0.2, -0.15) is 0 Å². The van der Waals surface area contributed by atoms with E-state index in [-0.39, 0.29) is 6.42 Å². The van der Waals surface area contributed by atoms with Crippen LogP contribution in [0.15, 0.2) is 47.5 Å². The third kappa shape index (κ3) is 2.42. The summed E-state index contributed by atoms with van der Waals surface area (Å²) in [5.41, 5.74) is 4.96. The molecule has 3 rings (SSSR count). The average Bonchev–Trinajstić information content (AvgIpc) is 2.47. The van der Waals surface area contributed by atoms with Crippen LogP contribution in [0.3, 0.4) is 0 Å². The van der Waals surface area contributed by atoms with E-state index in [1.165, 1.54) is 5.56 Å². The van der Waals surface area contributed by atoms with Crippen LogP contribution >= 0.6 is 0 Å². The Kier molecular flexibility index (Phi) is 3.26. The Morgan fingerprint density at radius 2 is 1.67 bits per heavy atom. The van der Waals surface area contributed by atoms with Crippen molar-refractivity contribution in [2.24, 2.45) is 4.99 Å². The fourth-order valence-electron chi connectivity index (χ4n) is 2.59. The van der Waals surface area contributed by atoms with E-state index in [9.17, 15) is 9.59 Å². The highest BCUT2D eigenvalue weighted by Crippen LogP contribution is 2.25. The second-order valence-electron chi connectivity index (χ2n) is 5.32. The van der Waals surface area contributed by atoms with E-state index >= 15 is 0 Å². The van der Waals surface area contributed by atoms with Gasteiger partial charge in [0, 0.05) is 11.1 Å². The summed E-state index contributed by atoms with van der Waals surface area (Å²) in [4.78, 5) is 28.4. The lowest BCUT2D eigenvalue weighted by molar-refractivity contribution is -0.114. The van der Waals surface area contributed by atoms with Gasteiger partial charge in [-0.25, -0.2) is 0 Å². The maximum Gasteiger partial charge on any atom is 0.229 e. The number of benzene rings is 2. The first-order chi connectivity index (χ1) is 10.1. The Balaban J connectivity index is 2.14. The molecule has 0 saturated heterocycles. The van der Waals surface area contributed by atoms with Gasteiger partial charge in [-0.1, -0.05) is 42.0 Å². The lowest BCUT2D eigenvalue weighted by Gasteiger charge is -2.16. The Morgan fingerprint density at radius 1 is 0.952 bits per heavy atom. The SMILES string of the molecule is Cc1ccc(N=C2CC(=O)C(=O)c3ccccc32)c(C)c1. The molecular formula is C18H15NO2. The molecular weight excluding hydrogens is 262 g/mol. The number of aliphatic imine (C=N–C) groups is 1. The Morgan fingerprint density at radius 3 is 2.38 bits per heavy atom. The van der Waals surface area contributed by atoms with Crippen molar-refractivity contribution in [3.8, 4) is 0 Å². The number of nitrogens with zero attached hydrogens (tertiary/aromatic N) is 1. The summed E-state index contributed by atoms with van der Waals surface area (Å²) in [5, 5.41) is 0. The van der Waals surface area contributed by atoms with Crippen molar-refractivity contribution in [2.45, 2.75) is 20.3 Å². The number of carbonyl (C=O) groups excluding carboxylic acids is 2. The molecule has 104 valence electrons. The smallest absolute Gasteiger partial charge is 0.229 e. The van der Waals surface area contributed by atoms with E-state index in [0.717, 1.165) is 16.8 Å². The minimum atomic E-state index is -0.412. The van der Waals surface area contributed by atoms with Crippen molar-refractivity contribution in [1.29, 1.82) is 0 Å². The zero-order valence-corrected chi connectivity index (χ0v) is 12.0. The van der Waals surface area contributed by atoms with E-state index in [0.29, 0.717) is 11.3 Å². The number of ketones is 2. The molecule has 21 heavy (non-hydrogen) atoms. The van der Waals surface area contributed by atoms with Crippen molar-refractivity contribution in [2.75, 3.05) is 0 Å². The summed E-state index contributed by atoms with van der Waals surface area (Å²) in [6.07, 6.45) is 0.0726. The maximum absolute atomic E-state index is 11.9. The largest absolute Gasteiger partial charge is 0.290 e. The third-order valence-corrected chi connectivity index (χ3v) is 3.67. The van der Waals surface area contributed by atoms with Gasteiger partial charge in [0.2, 0.25) is 11.6 Å². The molecule has 2 aromatic carbocycles. The summed E-state index contributed by atoms with van der Waals surface area (Å²) in [6.45, 7) is 4.02. The van der Waals surface area contributed by atoms with Gasteiger partial charge in [0.1, 0.15) is 0 Å². The number of hydrogen-bond acceptors (Lipinski definition) is 3. The first-order valence-corrected chi connectivity index (χ1v) is 6.88. The Hall–Kier alpha value is -2.55. The molecule has 0 N–H and O–H groups in total. The summed E-state index contributed by atoms with van der Waals surface area (Å²) >= 11 is 0. The molecule has 0 saturated carbocycles.